The molecule has 1 aliphatic heterocycles. The molecule has 1 aromatic rings. The third-order valence-corrected chi connectivity index (χ3v) is 5.11. The fourth-order valence-corrected chi connectivity index (χ4v) is 3.70. The van der Waals surface area contributed by atoms with E-state index in [0.29, 0.717) is 11.3 Å². The Morgan fingerprint density at radius 2 is 2.05 bits per heavy atom. The van der Waals surface area contributed by atoms with Crippen molar-refractivity contribution in [2.24, 2.45) is 0 Å². The van der Waals surface area contributed by atoms with Crippen molar-refractivity contribution in [2.75, 3.05) is 26.7 Å². The van der Waals surface area contributed by atoms with Crippen molar-refractivity contribution in [1.29, 1.82) is 0 Å². The van der Waals surface area contributed by atoms with Gasteiger partial charge >= 0.3 is 0 Å². The molecule has 1 aromatic carbocycles. The van der Waals surface area contributed by atoms with E-state index in [1.807, 2.05) is 19.2 Å². The first kappa shape index (κ1) is 15.4. The number of sulfonamides is 1. The fraction of sp³-hybridized carbons (Fsp3) is 0.571. The Bertz CT molecular complexity index is 528. The highest BCUT2D eigenvalue weighted by Gasteiger charge is 2.25. The summed E-state index contributed by atoms with van der Waals surface area (Å²) in [6, 6.07) is 6.89. The van der Waals surface area contributed by atoms with E-state index in [2.05, 4.69) is 9.62 Å². The van der Waals surface area contributed by atoms with Crippen molar-refractivity contribution < 1.29 is 13.5 Å². The van der Waals surface area contributed by atoms with E-state index in [-0.39, 0.29) is 12.6 Å². The summed E-state index contributed by atoms with van der Waals surface area (Å²) in [5.74, 6) is 0. The molecule has 1 atom stereocenters. The highest BCUT2D eigenvalue weighted by Crippen LogP contribution is 2.15. The van der Waals surface area contributed by atoms with Crippen LogP contribution in [0.2, 0.25) is 0 Å². The second-order valence-electron chi connectivity index (χ2n) is 5.34. The van der Waals surface area contributed by atoms with Crippen LogP contribution < -0.4 is 4.72 Å². The van der Waals surface area contributed by atoms with Crippen molar-refractivity contribution in [3.8, 4) is 0 Å². The maximum atomic E-state index is 12.3. The highest BCUT2D eigenvalue weighted by atomic mass is 32.2. The first-order chi connectivity index (χ1) is 9.51. The molecule has 0 bridgehead atoms. The molecule has 1 unspecified atom stereocenters. The summed E-state index contributed by atoms with van der Waals surface area (Å²) in [5.41, 5.74) is 1.04. The van der Waals surface area contributed by atoms with Crippen LogP contribution in [0.15, 0.2) is 29.2 Å². The molecule has 0 spiro atoms. The molecule has 0 aromatic heterocycles. The van der Waals surface area contributed by atoms with Gasteiger partial charge < -0.3 is 10.0 Å². The van der Waals surface area contributed by atoms with Crippen LogP contribution in [0, 0.1) is 0 Å². The highest BCUT2D eigenvalue weighted by molar-refractivity contribution is 7.89. The summed E-state index contributed by atoms with van der Waals surface area (Å²) in [7, 11) is -1.44. The van der Waals surface area contributed by atoms with Crippen molar-refractivity contribution in [3.63, 3.8) is 0 Å². The number of hydrogen-bond acceptors (Lipinski definition) is 4. The standard InChI is InChI=1S/C14H22N2O3S/c1-16-9-8-13(11-16)15-20(18,19)14-6-4-12(5-7-14)3-2-10-17/h4-7,13,15,17H,2-3,8-11H2,1H3. The third kappa shape index (κ3) is 4.02. The van der Waals surface area contributed by atoms with E-state index in [1.54, 1.807) is 12.1 Å². The molecule has 0 radical (unpaired) electrons. The number of benzene rings is 1. The maximum Gasteiger partial charge on any atom is 0.240 e. The van der Waals surface area contributed by atoms with Crippen molar-refractivity contribution in [1.82, 2.24) is 9.62 Å². The molecule has 0 saturated carbocycles. The average Bonchev–Trinajstić information content (AvgIpc) is 2.81. The lowest BCUT2D eigenvalue weighted by molar-refractivity contribution is 0.288. The minimum atomic E-state index is -3.43. The molecule has 1 fully saturated rings. The summed E-state index contributed by atoms with van der Waals surface area (Å²) in [6.45, 7) is 1.83. The Kier molecular flexibility index (Phi) is 5.15. The van der Waals surface area contributed by atoms with Gasteiger partial charge in [0.05, 0.1) is 4.90 Å². The Labute approximate surface area is 120 Å². The Hall–Kier alpha value is -0.950. The zero-order valence-corrected chi connectivity index (χ0v) is 12.6. The lowest BCUT2D eigenvalue weighted by atomic mass is 10.1. The van der Waals surface area contributed by atoms with E-state index in [4.69, 9.17) is 5.11 Å². The third-order valence-electron chi connectivity index (χ3n) is 3.57. The number of aryl methyl sites for hydroxylation is 1. The molecular weight excluding hydrogens is 276 g/mol. The lowest BCUT2D eigenvalue weighted by Gasteiger charge is -2.13. The van der Waals surface area contributed by atoms with Crippen molar-refractivity contribution in [3.05, 3.63) is 29.8 Å². The molecule has 20 heavy (non-hydrogen) atoms. The van der Waals surface area contributed by atoms with E-state index >= 15 is 0 Å². The average molecular weight is 298 g/mol. The van der Waals surface area contributed by atoms with Gasteiger partial charge in [-0.15, -0.1) is 0 Å². The maximum absolute atomic E-state index is 12.3. The van der Waals surface area contributed by atoms with E-state index in [0.717, 1.165) is 31.5 Å². The molecule has 5 nitrogen and oxygen atoms in total. The van der Waals surface area contributed by atoms with Crippen molar-refractivity contribution >= 4 is 10.0 Å². The molecule has 0 aliphatic carbocycles. The molecule has 2 N–H and O–H groups in total. The normalized spacial score (nSPS) is 20.4. The molecule has 2 rings (SSSR count). The Morgan fingerprint density at radius 1 is 1.35 bits per heavy atom. The van der Waals surface area contributed by atoms with E-state index in [1.165, 1.54) is 0 Å². The van der Waals surface area contributed by atoms with Crippen LogP contribution in [0.3, 0.4) is 0 Å². The van der Waals surface area contributed by atoms with Crippen LogP contribution in [0.5, 0.6) is 0 Å². The van der Waals surface area contributed by atoms with Crippen LogP contribution in [-0.4, -0.2) is 51.2 Å². The van der Waals surface area contributed by atoms with Gasteiger partial charge in [-0.1, -0.05) is 12.1 Å². The van der Waals surface area contributed by atoms with Gasteiger partial charge in [0.15, 0.2) is 0 Å². The zero-order chi connectivity index (χ0) is 14.6. The number of likely N-dealkylation sites (tertiary alicyclic amines) is 1. The van der Waals surface area contributed by atoms with Gasteiger partial charge in [-0.3, -0.25) is 0 Å². The van der Waals surface area contributed by atoms with E-state index in [9.17, 15) is 8.42 Å². The van der Waals surface area contributed by atoms with E-state index < -0.39 is 10.0 Å². The number of hydrogen-bond donors (Lipinski definition) is 2. The SMILES string of the molecule is CN1CCC(NS(=O)(=O)c2ccc(CCCO)cc2)C1. The first-order valence-electron chi connectivity index (χ1n) is 6.92. The van der Waals surface area contributed by atoms with Crippen LogP contribution in [0.25, 0.3) is 0 Å². The van der Waals surface area contributed by atoms with Crippen LogP contribution in [0.1, 0.15) is 18.4 Å². The minimum Gasteiger partial charge on any atom is -0.396 e. The largest absolute Gasteiger partial charge is 0.396 e. The Morgan fingerprint density at radius 3 is 2.60 bits per heavy atom. The smallest absolute Gasteiger partial charge is 0.240 e. The van der Waals surface area contributed by atoms with Gasteiger partial charge in [0.1, 0.15) is 0 Å². The number of aliphatic hydroxyl groups is 1. The topological polar surface area (TPSA) is 69.6 Å². The summed E-state index contributed by atoms with van der Waals surface area (Å²) in [5, 5.41) is 8.78. The number of nitrogens with one attached hydrogen (secondary N) is 1. The summed E-state index contributed by atoms with van der Waals surface area (Å²) in [6.07, 6.45) is 2.31. The first-order valence-corrected chi connectivity index (χ1v) is 8.40. The van der Waals surface area contributed by atoms with Crippen LogP contribution >= 0.6 is 0 Å². The summed E-state index contributed by atoms with van der Waals surface area (Å²) >= 11 is 0. The fourth-order valence-electron chi connectivity index (χ4n) is 2.44. The quantitative estimate of drug-likeness (QED) is 0.807. The van der Waals surface area contributed by atoms with Gasteiger partial charge in [-0.2, -0.15) is 0 Å². The van der Waals surface area contributed by atoms with Crippen molar-refractivity contribution in [2.45, 2.75) is 30.2 Å². The number of rotatable bonds is 6. The number of nitrogens with zero attached hydrogens (tertiary/aromatic N) is 1. The van der Waals surface area contributed by atoms with Crippen LogP contribution in [-0.2, 0) is 16.4 Å². The number of aliphatic hydroxyl groups excluding tert-OH is 1. The second kappa shape index (κ2) is 6.67. The molecule has 6 heteroatoms. The summed E-state index contributed by atoms with van der Waals surface area (Å²) < 4.78 is 27.3. The second-order valence-corrected chi connectivity index (χ2v) is 7.05. The predicted molar refractivity (Wildman–Crippen MR) is 78.1 cm³/mol. The molecule has 1 heterocycles. The minimum absolute atomic E-state index is 0.000865. The van der Waals surface area contributed by atoms with Gasteiger partial charge in [0.25, 0.3) is 0 Å². The molecule has 1 saturated heterocycles. The van der Waals surface area contributed by atoms with Gasteiger partial charge in [0, 0.05) is 19.2 Å². The van der Waals surface area contributed by atoms with Gasteiger partial charge in [-0.05, 0) is 50.6 Å². The zero-order valence-electron chi connectivity index (χ0n) is 11.7. The summed E-state index contributed by atoms with van der Waals surface area (Å²) in [4.78, 5) is 2.42. The lowest BCUT2D eigenvalue weighted by Crippen LogP contribution is -2.36. The molecule has 1 aliphatic rings. The van der Waals surface area contributed by atoms with Gasteiger partial charge in [0.2, 0.25) is 10.0 Å². The molecule has 0 amide bonds. The van der Waals surface area contributed by atoms with Crippen LogP contribution in [0.4, 0.5) is 0 Å². The monoisotopic (exact) mass is 298 g/mol. The van der Waals surface area contributed by atoms with Gasteiger partial charge in [-0.25, -0.2) is 13.1 Å². The predicted octanol–water partition coefficient (Wildman–Crippen LogP) is 0.594. The molecular formula is C14H22N2O3S. The number of likely N-dealkylation sites (N-methyl/N-ethyl adjacent to an activating group) is 1. The molecule has 112 valence electrons. The Balaban J connectivity index is 2.01.